The van der Waals surface area contributed by atoms with E-state index in [1.807, 2.05) is 0 Å². The molecule has 2 heterocycles. The first-order chi connectivity index (χ1) is 14.9. The van der Waals surface area contributed by atoms with Gasteiger partial charge in [-0.3, -0.25) is 4.79 Å². The number of amides is 1. The van der Waals surface area contributed by atoms with Crippen molar-refractivity contribution in [2.24, 2.45) is 0 Å². The minimum Gasteiger partial charge on any atom is -0.493 e. The Bertz CT molecular complexity index is 978. The molecular formula is C23H27NO7. The maximum absolute atomic E-state index is 12.6. The lowest BCUT2D eigenvalue weighted by Gasteiger charge is -2.31. The molecule has 0 radical (unpaired) electrons. The maximum Gasteiger partial charge on any atom is 0.339 e. The summed E-state index contributed by atoms with van der Waals surface area (Å²) in [6.07, 6.45) is 4.57. The van der Waals surface area contributed by atoms with Gasteiger partial charge in [-0.1, -0.05) is 0 Å². The summed E-state index contributed by atoms with van der Waals surface area (Å²) < 4.78 is 26.8. The molecule has 1 aromatic heterocycles. The monoisotopic (exact) mass is 429 g/mol. The number of hydrogen-bond donors (Lipinski definition) is 0. The molecule has 2 aromatic rings. The molecule has 0 atom stereocenters. The van der Waals surface area contributed by atoms with Crippen molar-refractivity contribution in [2.45, 2.75) is 25.9 Å². The van der Waals surface area contributed by atoms with Crippen molar-refractivity contribution < 1.29 is 28.2 Å². The Labute approximate surface area is 181 Å². The van der Waals surface area contributed by atoms with Gasteiger partial charge in [-0.25, -0.2) is 4.79 Å². The molecule has 1 aliphatic heterocycles. The van der Waals surface area contributed by atoms with Crippen LogP contribution < -0.4 is 24.6 Å². The van der Waals surface area contributed by atoms with Gasteiger partial charge in [0.05, 0.1) is 27.4 Å². The van der Waals surface area contributed by atoms with Gasteiger partial charge in [0, 0.05) is 38.1 Å². The third-order valence-electron chi connectivity index (χ3n) is 5.03. The second-order valence-electron chi connectivity index (χ2n) is 7.16. The minimum atomic E-state index is -0.431. The standard InChI is InChI=1S/C23H27NO7/c1-15-11-18(14-22(26)30-15)31-17-7-9-24(10-8-17)21(25)6-5-16-12-19(27-2)23(29-4)20(13-16)28-3/h5-6,11-14,17H,7-10H2,1-4H3/b6-5+. The average molecular weight is 429 g/mol. The van der Waals surface area contributed by atoms with Crippen LogP contribution in [0.1, 0.15) is 24.2 Å². The normalized spacial score (nSPS) is 14.5. The van der Waals surface area contributed by atoms with Gasteiger partial charge in [-0.05, 0) is 30.7 Å². The van der Waals surface area contributed by atoms with Crippen molar-refractivity contribution in [1.82, 2.24) is 4.90 Å². The zero-order valence-corrected chi connectivity index (χ0v) is 18.2. The van der Waals surface area contributed by atoms with Crippen molar-refractivity contribution >= 4 is 12.0 Å². The lowest BCUT2D eigenvalue weighted by Crippen LogP contribution is -2.41. The molecular weight excluding hydrogens is 402 g/mol. The van der Waals surface area contributed by atoms with Crippen LogP contribution in [-0.2, 0) is 4.79 Å². The van der Waals surface area contributed by atoms with E-state index in [9.17, 15) is 9.59 Å². The van der Waals surface area contributed by atoms with E-state index < -0.39 is 5.63 Å². The molecule has 0 aliphatic carbocycles. The quantitative estimate of drug-likeness (QED) is 0.625. The lowest BCUT2D eigenvalue weighted by molar-refractivity contribution is -0.127. The predicted molar refractivity (Wildman–Crippen MR) is 115 cm³/mol. The fraction of sp³-hybridized carbons (Fsp3) is 0.391. The summed E-state index contributed by atoms with van der Waals surface area (Å²) in [6, 6.07) is 6.59. The molecule has 31 heavy (non-hydrogen) atoms. The molecule has 1 aromatic carbocycles. The predicted octanol–water partition coefficient (Wildman–Crippen LogP) is 3.06. The molecule has 8 nitrogen and oxygen atoms in total. The number of rotatable bonds is 7. The first kappa shape index (κ1) is 22.3. The Balaban J connectivity index is 1.60. The summed E-state index contributed by atoms with van der Waals surface area (Å²) in [5.41, 5.74) is 0.332. The van der Waals surface area contributed by atoms with Crippen LogP contribution in [-0.4, -0.2) is 51.3 Å². The van der Waals surface area contributed by atoms with Gasteiger partial charge in [0.25, 0.3) is 0 Å². The number of nitrogens with zero attached hydrogens (tertiary/aromatic N) is 1. The highest BCUT2D eigenvalue weighted by Crippen LogP contribution is 2.38. The Morgan fingerprint density at radius 3 is 2.23 bits per heavy atom. The van der Waals surface area contributed by atoms with E-state index in [4.69, 9.17) is 23.4 Å². The van der Waals surface area contributed by atoms with Gasteiger partial charge in [-0.15, -0.1) is 0 Å². The number of likely N-dealkylation sites (tertiary alicyclic amines) is 1. The van der Waals surface area contributed by atoms with E-state index in [1.54, 1.807) is 57.4 Å². The largest absolute Gasteiger partial charge is 0.493 e. The molecule has 0 N–H and O–H groups in total. The van der Waals surface area contributed by atoms with Gasteiger partial charge >= 0.3 is 5.63 Å². The molecule has 3 rings (SSSR count). The molecule has 1 amide bonds. The summed E-state index contributed by atoms with van der Waals surface area (Å²) in [7, 11) is 4.64. The number of piperidine rings is 1. The molecule has 8 heteroatoms. The van der Waals surface area contributed by atoms with Crippen LogP contribution in [0.2, 0.25) is 0 Å². The van der Waals surface area contributed by atoms with E-state index in [0.29, 0.717) is 54.7 Å². The first-order valence-corrected chi connectivity index (χ1v) is 9.99. The minimum absolute atomic E-state index is 0.0515. The summed E-state index contributed by atoms with van der Waals surface area (Å²) >= 11 is 0. The Morgan fingerprint density at radius 1 is 1.03 bits per heavy atom. The van der Waals surface area contributed by atoms with Crippen molar-refractivity contribution in [3.8, 4) is 23.0 Å². The molecule has 0 saturated carbocycles. The number of carbonyl (C=O) groups is 1. The fourth-order valence-electron chi connectivity index (χ4n) is 3.50. The van der Waals surface area contributed by atoms with Crippen molar-refractivity contribution in [2.75, 3.05) is 34.4 Å². The first-order valence-electron chi connectivity index (χ1n) is 9.99. The van der Waals surface area contributed by atoms with Crippen LogP contribution in [0.3, 0.4) is 0 Å². The highest BCUT2D eigenvalue weighted by Gasteiger charge is 2.23. The molecule has 0 unspecified atom stereocenters. The third kappa shape index (κ3) is 5.59. The zero-order valence-electron chi connectivity index (χ0n) is 18.2. The molecule has 166 valence electrons. The van der Waals surface area contributed by atoms with Gasteiger partial charge in [0.1, 0.15) is 17.6 Å². The van der Waals surface area contributed by atoms with Gasteiger partial charge in [-0.2, -0.15) is 0 Å². The lowest BCUT2D eigenvalue weighted by atomic mass is 10.1. The SMILES string of the molecule is COc1cc(/C=C/C(=O)N2CCC(Oc3cc(C)oc(=O)c3)CC2)cc(OC)c1OC. The van der Waals surface area contributed by atoms with Gasteiger partial charge in [0.15, 0.2) is 11.5 Å². The molecule has 1 aliphatic rings. The van der Waals surface area contributed by atoms with E-state index >= 15 is 0 Å². The number of benzene rings is 1. The molecule has 0 spiro atoms. The van der Waals surface area contributed by atoms with Gasteiger partial charge in [0.2, 0.25) is 11.7 Å². The van der Waals surface area contributed by atoms with Crippen LogP contribution in [0.5, 0.6) is 23.0 Å². The maximum atomic E-state index is 12.6. The fourth-order valence-corrected chi connectivity index (χ4v) is 3.50. The molecule has 1 fully saturated rings. The Morgan fingerprint density at radius 2 is 1.68 bits per heavy atom. The highest BCUT2D eigenvalue weighted by molar-refractivity contribution is 5.92. The van der Waals surface area contributed by atoms with Crippen LogP contribution in [0.25, 0.3) is 6.08 Å². The number of ether oxygens (including phenoxy) is 4. The van der Waals surface area contributed by atoms with Crippen LogP contribution in [0.4, 0.5) is 0 Å². The van der Waals surface area contributed by atoms with E-state index in [2.05, 4.69) is 0 Å². The summed E-state index contributed by atoms with van der Waals surface area (Å²) in [4.78, 5) is 25.9. The van der Waals surface area contributed by atoms with Crippen LogP contribution in [0.15, 0.2) is 39.6 Å². The highest BCUT2D eigenvalue weighted by atomic mass is 16.5. The second-order valence-corrected chi connectivity index (χ2v) is 7.16. The number of methoxy groups -OCH3 is 3. The van der Waals surface area contributed by atoms with E-state index in [-0.39, 0.29) is 12.0 Å². The summed E-state index contributed by atoms with van der Waals surface area (Å²) in [6.45, 7) is 2.85. The van der Waals surface area contributed by atoms with E-state index in [1.165, 1.54) is 12.1 Å². The Hall–Kier alpha value is -3.42. The topological polar surface area (TPSA) is 87.4 Å². The Kier molecular flexibility index (Phi) is 7.23. The number of hydrogen-bond acceptors (Lipinski definition) is 7. The number of aryl methyl sites for hydroxylation is 1. The van der Waals surface area contributed by atoms with Crippen molar-refractivity contribution in [3.05, 3.63) is 52.1 Å². The summed E-state index contributed by atoms with van der Waals surface area (Å²) in [5, 5.41) is 0. The van der Waals surface area contributed by atoms with Crippen molar-refractivity contribution in [1.29, 1.82) is 0 Å². The molecule has 0 bridgehead atoms. The van der Waals surface area contributed by atoms with Crippen molar-refractivity contribution in [3.63, 3.8) is 0 Å². The third-order valence-corrected chi connectivity index (χ3v) is 5.03. The molecule has 1 saturated heterocycles. The van der Waals surface area contributed by atoms with Gasteiger partial charge < -0.3 is 28.3 Å². The summed E-state index contributed by atoms with van der Waals surface area (Å²) in [5.74, 6) is 2.48. The smallest absolute Gasteiger partial charge is 0.339 e. The van der Waals surface area contributed by atoms with E-state index in [0.717, 1.165) is 5.56 Å². The zero-order chi connectivity index (χ0) is 22.4. The average Bonchev–Trinajstić information content (AvgIpc) is 2.76. The second kappa shape index (κ2) is 10.1. The van der Waals surface area contributed by atoms with Crippen LogP contribution >= 0.6 is 0 Å². The van der Waals surface area contributed by atoms with Crippen LogP contribution in [0, 0.1) is 6.92 Å². The number of carbonyl (C=O) groups excluding carboxylic acids is 1.